The third-order valence-corrected chi connectivity index (χ3v) is 3.94. The van der Waals surface area contributed by atoms with Gasteiger partial charge in [0.1, 0.15) is 6.33 Å². The standard InChI is InChI=1S/C11H11ClN4O2S/c1-16-11(14-5-15-16)19-9-7(10(17)18-2)3-6(13)4-8(9)12/h3-5H,13H2,1-2H3. The Bertz CT molecular complexity index is 629. The fourth-order valence-corrected chi connectivity index (χ4v) is 2.66. The largest absolute Gasteiger partial charge is 0.465 e. The topological polar surface area (TPSA) is 83.0 Å². The Morgan fingerprint density at radius 3 is 2.84 bits per heavy atom. The van der Waals surface area contributed by atoms with E-state index in [9.17, 15) is 4.79 Å². The van der Waals surface area contributed by atoms with Gasteiger partial charge in [0, 0.05) is 17.6 Å². The van der Waals surface area contributed by atoms with Gasteiger partial charge in [-0.3, -0.25) is 0 Å². The number of nitrogens with zero attached hydrogens (tertiary/aromatic N) is 3. The van der Waals surface area contributed by atoms with Crippen LogP contribution in [0, 0.1) is 0 Å². The third-order valence-electron chi connectivity index (χ3n) is 2.33. The lowest BCUT2D eigenvalue weighted by Crippen LogP contribution is -2.05. The highest BCUT2D eigenvalue weighted by Crippen LogP contribution is 2.36. The van der Waals surface area contributed by atoms with Gasteiger partial charge in [-0.15, -0.1) is 0 Å². The minimum Gasteiger partial charge on any atom is -0.465 e. The molecule has 2 N–H and O–H groups in total. The highest BCUT2D eigenvalue weighted by molar-refractivity contribution is 7.99. The number of carbonyl (C=O) groups excluding carboxylic acids is 1. The Hall–Kier alpha value is -1.73. The molecule has 0 aliphatic rings. The summed E-state index contributed by atoms with van der Waals surface area (Å²) in [5, 5.41) is 4.93. The van der Waals surface area contributed by atoms with Gasteiger partial charge in [-0.05, 0) is 23.9 Å². The van der Waals surface area contributed by atoms with Crippen molar-refractivity contribution in [3.05, 3.63) is 29.0 Å². The summed E-state index contributed by atoms with van der Waals surface area (Å²) in [6, 6.07) is 3.10. The number of nitrogens with two attached hydrogens (primary N) is 1. The molecule has 1 heterocycles. The maximum Gasteiger partial charge on any atom is 0.339 e. The van der Waals surface area contributed by atoms with Gasteiger partial charge < -0.3 is 10.5 Å². The van der Waals surface area contributed by atoms with Gasteiger partial charge >= 0.3 is 5.97 Å². The maximum absolute atomic E-state index is 11.8. The van der Waals surface area contributed by atoms with Crippen LogP contribution in [0.4, 0.5) is 5.69 Å². The Balaban J connectivity index is 2.49. The fourth-order valence-electron chi connectivity index (χ4n) is 1.45. The van der Waals surface area contributed by atoms with Gasteiger partial charge in [-0.25, -0.2) is 14.5 Å². The van der Waals surface area contributed by atoms with Crippen molar-refractivity contribution < 1.29 is 9.53 Å². The number of nitrogen functional groups attached to an aromatic ring is 1. The number of methoxy groups -OCH3 is 1. The summed E-state index contributed by atoms with van der Waals surface area (Å²) in [6.45, 7) is 0. The summed E-state index contributed by atoms with van der Waals surface area (Å²) in [6.07, 6.45) is 1.42. The molecule has 0 bridgehead atoms. The summed E-state index contributed by atoms with van der Waals surface area (Å²) in [7, 11) is 3.05. The van der Waals surface area contributed by atoms with Gasteiger partial charge in [0.25, 0.3) is 0 Å². The van der Waals surface area contributed by atoms with Crippen LogP contribution >= 0.6 is 23.4 Å². The molecule has 0 saturated carbocycles. The van der Waals surface area contributed by atoms with Crippen LogP contribution in [0.1, 0.15) is 10.4 Å². The van der Waals surface area contributed by atoms with Crippen molar-refractivity contribution in [1.82, 2.24) is 14.8 Å². The lowest BCUT2D eigenvalue weighted by Gasteiger charge is -2.10. The molecule has 2 rings (SSSR count). The lowest BCUT2D eigenvalue weighted by atomic mass is 10.2. The van der Waals surface area contributed by atoms with Gasteiger partial charge in [0.05, 0.1) is 17.7 Å². The van der Waals surface area contributed by atoms with Crippen molar-refractivity contribution >= 4 is 35.0 Å². The molecule has 19 heavy (non-hydrogen) atoms. The number of hydrogen-bond acceptors (Lipinski definition) is 6. The van der Waals surface area contributed by atoms with Gasteiger partial charge in [0.2, 0.25) is 0 Å². The Morgan fingerprint density at radius 1 is 1.53 bits per heavy atom. The molecule has 0 saturated heterocycles. The van der Waals surface area contributed by atoms with Gasteiger partial charge in [-0.2, -0.15) is 5.10 Å². The number of carbonyl (C=O) groups is 1. The van der Waals surface area contributed by atoms with Crippen molar-refractivity contribution in [2.24, 2.45) is 7.05 Å². The highest BCUT2D eigenvalue weighted by Gasteiger charge is 2.19. The number of anilines is 1. The Kier molecular flexibility index (Phi) is 3.96. The predicted molar refractivity (Wildman–Crippen MR) is 72.3 cm³/mol. The number of rotatable bonds is 3. The molecular formula is C11H11ClN4O2S. The van der Waals surface area contributed by atoms with Crippen LogP contribution in [0.3, 0.4) is 0 Å². The van der Waals surface area contributed by atoms with E-state index < -0.39 is 5.97 Å². The van der Waals surface area contributed by atoms with E-state index in [2.05, 4.69) is 10.1 Å². The second-order valence-corrected chi connectivity index (χ2v) is 5.02. The molecule has 100 valence electrons. The first-order valence-corrected chi connectivity index (χ1v) is 6.41. The predicted octanol–water partition coefficient (Wildman–Crippen LogP) is 1.99. The number of hydrogen-bond donors (Lipinski definition) is 1. The minimum atomic E-state index is -0.501. The molecule has 0 atom stereocenters. The van der Waals surface area contributed by atoms with Crippen molar-refractivity contribution in [2.45, 2.75) is 10.1 Å². The molecule has 2 aromatic rings. The Morgan fingerprint density at radius 2 is 2.26 bits per heavy atom. The van der Waals surface area contributed by atoms with Crippen molar-refractivity contribution in [1.29, 1.82) is 0 Å². The summed E-state index contributed by atoms with van der Waals surface area (Å²) < 4.78 is 6.31. The van der Waals surface area contributed by atoms with Gasteiger partial charge in [0.15, 0.2) is 5.16 Å². The first-order valence-electron chi connectivity index (χ1n) is 5.22. The highest BCUT2D eigenvalue weighted by atomic mass is 35.5. The molecule has 0 unspecified atom stereocenters. The average Bonchev–Trinajstić information content (AvgIpc) is 2.77. The zero-order chi connectivity index (χ0) is 14.0. The van der Waals surface area contributed by atoms with Crippen LogP contribution in [0.15, 0.2) is 28.5 Å². The third kappa shape index (κ3) is 2.82. The molecule has 0 amide bonds. The second-order valence-electron chi connectivity index (χ2n) is 3.64. The molecule has 0 spiro atoms. The first kappa shape index (κ1) is 13.7. The molecule has 6 nitrogen and oxygen atoms in total. The van der Waals surface area contributed by atoms with Crippen molar-refractivity contribution in [3.8, 4) is 0 Å². The second kappa shape index (κ2) is 5.50. The van der Waals surface area contributed by atoms with Crippen LogP contribution in [-0.2, 0) is 11.8 Å². The number of aryl methyl sites for hydroxylation is 1. The zero-order valence-corrected chi connectivity index (χ0v) is 11.8. The number of halogens is 1. The quantitative estimate of drug-likeness (QED) is 0.689. The summed E-state index contributed by atoms with van der Waals surface area (Å²) in [5.41, 5.74) is 6.39. The van der Waals surface area contributed by atoms with E-state index in [1.807, 2.05) is 0 Å². The SMILES string of the molecule is COC(=O)c1cc(N)cc(Cl)c1Sc1ncnn1C. The Labute approximate surface area is 118 Å². The number of esters is 1. The molecule has 8 heteroatoms. The van der Waals surface area contributed by atoms with E-state index in [4.69, 9.17) is 22.1 Å². The maximum atomic E-state index is 11.8. The molecule has 0 radical (unpaired) electrons. The molecular weight excluding hydrogens is 288 g/mol. The van der Waals surface area contributed by atoms with E-state index in [0.29, 0.717) is 26.3 Å². The zero-order valence-electron chi connectivity index (χ0n) is 10.3. The molecule has 0 aliphatic carbocycles. The molecule has 1 aromatic heterocycles. The first-order chi connectivity index (χ1) is 9.02. The van der Waals surface area contributed by atoms with Crippen LogP contribution in [0.25, 0.3) is 0 Å². The van der Waals surface area contributed by atoms with Crippen molar-refractivity contribution in [2.75, 3.05) is 12.8 Å². The van der Waals surface area contributed by atoms with E-state index in [1.54, 1.807) is 17.8 Å². The smallest absolute Gasteiger partial charge is 0.339 e. The fraction of sp³-hybridized carbons (Fsp3) is 0.182. The summed E-state index contributed by atoms with van der Waals surface area (Å²) in [4.78, 5) is 16.4. The van der Waals surface area contributed by atoms with Crippen LogP contribution < -0.4 is 5.73 Å². The lowest BCUT2D eigenvalue weighted by molar-refractivity contribution is 0.0597. The molecule has 0 fully saturated rings. The molecule has 1 aromatic carbocycles. The normalized spacial score (nSPS) is 10.5. The van der Waals surface area contributed by atoms with Crippen LogP contribution in [-0.4, -0.2) is 27.8 Å². The van der Waals surface area contributed by atoms with Crippen LogP contribution in [0.2, 0.25) is 5.02 Å². The van der Waals surface area contributed by atoms with E-state index in [0.717, 1.165) is 0 Å². The van der Waals surface area contributed by atoms with Crippen LogP contribution in [0.5, 0.6) is 0 Å². The summed E-state index contributed by atoms with van der Waals surface area (Å²) >= 11 is 7.37. The van der Waals surface area contributed by atoms with E-state index in [1.165, 1.54) is 31.3 Å². The monoisotopic (exact) mass is 298 g/mol. The minimum absolute atomic E-state index is 0.306. The average molecular weight is 299 g/mol. The van der Waals surface area contributed by atoms with E-state index in [-0.39, 0.29) is 0 Å². The van der Waals surface area contributed by atoms with Gasteiger partial charge in [-0.1, -0.05) is 11.6 Å². The summed E-state index contributed by atoms with van der Waals surface area (Å²) in [5.74, 6) is -0.501. The van der Waals surface area contributed by atoms with Crippen molar-refractivity contribution in [3.63, 3.8) is 0 Å². The number of ether oxygens (including phenoxy) is 1. The number of benzene rings is 1. The molecule has 0 aliphatic heterocycles. The number of aromatic nitrogens is 3. The van der Waals surface area contributed by atoms with E-state index >= 15 is 0 Å².